The number of benzene rings is 1. The topological polar surface area (TPSA) is 84.1 Å². The van der Waals surface area contributed by atoms with Gasteiger partial charge in [0, 0.05) is 16.9 Å². The highest BCUT2D eigenvalue weighted by atomic mass is 35.5. The van der Waals surface area contributed by atoms with E-state index in [9.17, 15) is 4.79 Å². The van der Waals surface area contributed by atoms with Crippen LogP contribution in [-0.2, 0) is 6.54 Å². The lowest BCUT2D eigenvalue weighted by Gasteiger charge is -2.29. The summed E-state index contributed by atoms with van der Waals surface area (Å²) >= 11 is 5.94. The molecule has 3 aromatic rings. The smallest absolute Gasteiger partial charge is 0.375 e. The van der Waals surface area contributed by atoms with Gasteiger partial charge >= 0.3 is 5.97 Å². The molecular weight excluding hydrogens is 318 g/mol. The summed E-state index contributed by atoms with van der Waals surface area (Å²) < 4.78 is 1.53. The van der Waals surface area contributed by atoms with Crippen LogP contribution in [0.3, 0.4) is 0 Å². The standard InChI is InChI=1S/C15H10ClN5O2/c16-9-3-5-10(6-4-9)20-8-12-18-13(15(22)23)19-21(12)11-2-1-7-17-14(11)20/h1-7H,8H2,(H,22,23). The highest BCUT2D eigenvalue weighted by Gasteiger charge is 2.28. The van der Waals surface area contributed by atoms with Crippen LogP contribution in [-0.4, -0.2) is 30.8 Å². The SMILES string of the molecule is O=C(O)c1nc2n(n1)-c1cccnc1N(c1ccc(Cl)cc1)C2. The van der Waals surface area contributed by atoms with Crippen LogP contribution in [0, 0.1) is 0 Å². The lowest BCUT2D eigenvalue weighted by molar-refractivity contribution is 0.0683. The van der Waals surface area contributed by atoms with Gasteiger partial charge in [0.15, 0.2) is 11.6 Å². The lowest BCUT2D eigenvalue weighted by atomic mass is 10.2. The molecule has 1 N–H and O–H groups in total. The van der Waals surface area contributed by atoms with Gasteiger partial charge in [0.25, 0.3) is 5.82 Å². The van der Waals surface area contributed by atoms with Crippen LogP contribution >= 0.6 is 11.6 Å². The summed E-state index contributed by atoms with van der Waals surface area (Å²) in [5.74, 6) is -0.162. The zero-order chi connectivity index (χ0) is 16.0. The second-order valence-corrected chi connectivity index (χ2v) is 5.41. The minimum absolute atomic E-state index is 0.229. The molecule has 1 aliphatic heterocycles. The Balaban J connectivity index is 1.88. The van der Waals surface area contributed by atoms with E-state index in [2.05, 4.69) is 15.1 Å². The first-order valence-electron chi connectivity index (χ1n) is 6.81. The van der Waals surface area contributed by atoms with Gasteiger partial charge in [0.2, 0.25) is 0 Å². The summed E-state index contributed by atoms with van der Waals surface area (Å²) in [5, 5.41) is 13.8. The molecule has 0 spiro atoms. The second-order valence-electron chi connectivity index (χ2n) is 4.98. The number of fused-ring (bicyclic) bond motifs is 3. The Labute approximate surface area is 135 Å². The number of anilines is 2. The number of hydrogen-bond acceptors (Lipinski definition) is 5. The Hall–Kier alpha value is -2.93. The van der Waals surface area contributed by atoms with Crippen LogP contribution in [0.25, 0.3) is 5.69 Å². The number of hydrogen-bond donors (Lipinski definition) is 1. The van der Waals surface area contributed by atoms with E-state index in [4.69, 9.17) is 16.7 Å². The van der Waals surface area contributed by atoms with Crippen molar-refractivity contribution in [1.82, 2.24) is 19.7 Å². The number of aromatic carboxylic acids is 1. The normalized spacial score (nSPS) is 12.7. The van der Waals surface area contributed by atoms with Crippen LogP contribution in [0.2, 0.25) is 5.02 Å². The molecule has 3 heterocycles. The zero-order valence-corrected chi connectivity index (χ0v) is 12.5. The molecule has 0 atom stereocenters. The molecule has 2 aromatic heterocycles. The highest BCUT2D eigenvalue weighted by Crippen LogP contribution is 2.34. The minimum Gasteiger partial charge on any atom is -0.475 e. The van der Waals surface area contributed by atoms with E-state index in [-0.39, 0.29) is 5.82 Å². The molecule has 1 aliphatic rings. The molecule has 0 saturated heterocycles. The highest BCUT2D eigenvalue weighted by molar-refractivity contribution is 6.30. The number of carbonyl (C=O) groups is 1. The summed E-state index contributed by atoms with van der Waals surface area (Å²) in [6.07, 6.45) is 1.68. The van der Waals surface area contributed by atoms with Gasteiger partial charge in [0.1, 0.15) is 5.69 Å². The first-order chi connectivity index (χ1) is 11.1. The molecule has 8 heteroatoms. The van der Waals surface area contributed by atoms with Crippen molar-refractivity contribution >= 4 is 29.1 Å². The van der Waals surface area contributed by atoms with E-state index in [0.29, 0.717) is 28.9 Å². The Morgan fingerprint density at radius 2 is 2.00 bits per heavy atom. The van der Waals surface area contributed by atoms with Crippen LogP contribution in [0.1, 0.15) is 16.4 Å². The van der Waals surface area contributed by atoms with Gasteiger partial charge in [0.05, 0.1) is 6.54 Å². The fourth-order valence-corrected chi connectivity index (χ4v) is 2.67. The molecule has 0 saturated carbocycles. The molecule has 1 aromatic carbocycles. The summed E-state index contributed by atoms with van der Waals surface area (Å²) in [7, 11) is 0. The predicted molar refractivity (Wildman–Crippen MR) is 83.4 cm³/mol. The number of carboxylic acids is 1. The number of aromatic nitrogens is 4. The second kappa shape index (κ2) is 5.06. The van der Waals surface area contributed by atoms with Crippen molar-refractivity contribution in [2.45, 2.75) is 6.54 Å². The summed E-state index contributed by atoms with van der Waals surface area (Å²) in [5.41, 5.74) is 1.57. The third kappa shape index (κ3) is 2.22. The van der Waals surface area contributed by atoms with Crippen LogP contribution < -0.4 is 4.90 Å². The largest absolute Gasteiger partial charge is 0.475 e. The average molecular weight is 328 g/mol. The maximum Gasteiger partial charge on any atom is 0.375 e. The fraction of sp³-hybridized carbons (Fsp3) is 0.0667. The van der Waals surface area contributed by atoms with Gasteiger partial charge in [-0.15, -0.1) is 5.10 Å². The van der Waals surface area contributed by atoms with Gasteiger partial charge < -0.3 is 10.0 Å². The molecule has 0 bridgehead atoms. The third-order valence-electron chi connectivity index (χ3n) is 3.55. The first kappa shape index (κ1) is 13.7. The molecule has 0 aliphatic carbocycles. The predicted octanol–water partition coefficient (Wildman–Crippen LogP) is 2.67. The molecule has 4 rings (SSSR count). The molecule has 7 nitrogen and oxygen atoms in total. The number of nitrogens with zero attached hydrogens (tertiary/aromatic N) is 5. The van der Waals surface area contributed by atoms with E-state index < -0.39 is 5.97 Å². The Kier molecular flexibility index (Phi) is 3.02. The van der Waals surface area contributed by atoms with Crippen LogP contribution in [0.15, 0.2) is 42.6 Å². The van der Waals surface area contributed by atoms with Crippen molar-refractivity contribution in [1.29, 1.82) is 0 Å². The maximum atomic E-state index is 11.1. The van der Waals surface area contributed by atoms with Crippen molar-refractivity contribution < 1.29 is 9.90 Å². The van der Waals surface area contributed by atoms with E-state index in [0.717, 1.165) is 5.69 Å². The van der Waals surface area contributed by atoms with Gasteiger partial charge in [-0.25, -0.2) is 19.4 Å². The zero-order valence-electron chi connectivity index (χ0n) is 11.7. The van der Waals surface area contributed by atoms with Crippen molar-refractivity contribution in [3.8, 4) is 5.69 Å². The number of carboxylic acid groups (broad SMARTS) is 1. The number of pyridine rings is 1. The molecule has 0 radical (unpaired) electrons. The third-order valence-corrected chi connectivity index (χ3v) is 3.81. The van der Waals surface area contributed by atoms with E-state index >= 15 is 0 Å². The van der Waals surface area contributed by atoms with Gasteiger partial charge in [-0.3, -0.25) is 0 Å². The summed E-state index contributed by atoms with van der Waals surface area (Å²) in [6, 6.07) is 10.9. The van der Waals surface area contributed by atoms with Gasteiger partial charge in [-0.1, -0.05) is 11.6 Å². The van der Waals surface area contributed by atoms with E-state index in [1.807, 2.05) is 23.1 Å². The van der Waals surface area contributed by atoms with Crippen LogP contribution in [0.4, 0.5) is 11.5 Å². The summed E-state index contributed by atoms with van der Waals surface area (Å²) in [4.78, 5) is 21.6. The molecule has 0 amide bonds. The Bertz CT molecular complexity index is 906. The fourth-order valence-electron chi connectivity index (χ4n) is 2.54. The quantitative estimate of drug-likeness (QED) is 0.779. The van der Waals surface area contributed by atoms with E-state index in [1.165, 1.54) is 4.68 Å². The maximum absolute atomic E-state index is 11.1. The molecular formula is C15H10ClN5O2. The Morgan fingerprint density at radius 3 is 2.74 bits per heavy atom. The van der Waals surface area contributed by atoms with E-state index in [1.54, 1.807) is 24.4 Å². The summed E-state index contributed by atoms with van der Waals surface area (Å²) in [6.45, 7) is 0.367. The van der Waals surface area contributed by atoms with Crippen molar-refractivity contribution in [3.63, 3.8) is 0 Å². The molecule has 23 heavy (non-hydrogen) atoms. The van der Waals surface area contributed by atoms with Crippen molar-refractivity contribution in [3.05, 3.63) is 59.3 Å². The minimum atomic E-state index is -1.16. The van der Waals surface area contributed by atoms with Crippen LogP contribution in [0.5, 0.6) is 0 Å². The number of halogens is 1. The molecule has 114 valence electrons. The number of rotatable bonds is 2. The van der Waals surface area contributed by atoms with Crippen molar-refractivity contribution in [2.75, 3.05) is 4.90 Å². The monoisotopic (exact) mass is 327 g/mol. The van der Waals surface area contributed by atoms with Gasteiger partial charge in [-0.2, -0.15) is 0 Å². The average Bonchev–Trinajstić information content (AvgIpc) is 3.00. The lowest BCUT2D eigenvalue weighted by Crippen LogP contribution is -2.27. The van der Waals surface area contributed by atoms with Gasteiger partial charge in [-0.05, 0) is 36.4 Å². The first-order valence-corrected chi connectivity index (χ1v) is 7.19. The molecule has 0 fully saturated rings. The molecule has 0 unspecified atom stereocenters. The Morgan fingerprint density at radius 1 is 1.22 bits per heavy atom. The van der Waals surface area contributed by atoms with Crippen molar-refractivity contribution in [2.24, 2.45) is 0 Å².